The van der Waals surface area contributed by atoms with Gasteiger partial charge in [0.15, 0.2) is 5.75 Å². The standard InChI is InChI=1S/C16H9F6NO7S/c17-15(18,19)29-9-6-4-8(5-7-9)23-13(24)12-10(14(25)26)2-1-3-11(12)30-31(27,28)16(20,21)22/h1-7H,(H,23,24)(H,25,26). The fraction of sp³-hybridized carbons (Fsp3) is 0.125. The number of carboxylic acids is 1. The van der Waals surface area contributed by atoms with Gasteiger partial charge < -0.3 is 19.3 Å². The highest BCUT2D eigenvalue weighted by atomic mass is 32.2. The van der Waals surface area contributed by atoms with Gasteiger partial charge in [-0.25, -0.2) is 4.79 Å². The van der Waals surface area contributed by atoms with Crippen LogP contribution in [0.2, 0.25) is 0 Å². The first-order valence-corrected chi connectivity index (χ1v) is 9.06. The molecule has 2 N–H and O–H groups in total. The lowest BCUT2D eigenvalue weighted by Crippen LogP contribution is -2.29. The topological polar surface area (TPSA) is 119 Å². The van der Waals surface area contributed by atoms with Crippen molar-refractivity contribution in [3.05, 3.63) is 53.6 Å². The minimum atomic E-state index is -6.24. The lowest BCUT2D eigenvalue weighted by molar-refractivity contribution is -0.274. The van der Waals surface area contributed by atoms with Crippen LogP contribution in [0.4, 0.5) is 32.0 Å². The Balaban J connectivity index is 2.40. The Labute approximate surface area is 169 Å². The molecule has 0 fully saturated rings. The van der Waals surface area contributed by atoms with E-state index in [1.807, 2.05) is 5.32 Å². The summed E-state index contributed by atoms with van der Waals surface area (Å²) in [5.74, 6) is -5.09. The van der Waals surface area contributed by atoms with Crippen LogP contribution in [-0.2, 0) is 10.1 Å². The molecule has 0 aliphatic heterocycles. The number of rotatable bonds is 6. The predicted octanol–water partition coefficient (Wildman–Crippen LogP) is 3.76. The molecule has 0 saturated heterocycles. The maximum absolute atomic E-state index is 12.6. The molecule has 0 saturated carbocycles. The zero-order valence-electron chi connectivity index (χ0n) is 14.6. The van der Waals surface area contributed by atoms with E-state index in [1.165, 1.54) is 0 Å². The van der Waals surface area contributed by atoms with Gasteiger partial charge in [0.05, 0.1) is 11.1 Å². The third kappa shape index (κ3) is 6.00. The van der Waals surface area contributed by atoms with Crippen molar-refractivity contribution in [2.24, 2.45) is 0 Å². The van der Waals surface area contributed by atoms with Crippen molar-refractivity contribution in [1.82, 2.24) is 0 Å². The van der Waals surface area contributed by atoms with Gasteiger partial charge in [-0.1, -0.05) is 6.07 Å². The summed E-state index contributed by atoms with van der Waals surface area (Å²) in [6, 6.07) is 5.65. The number of nitrogens with one attached hydrogen (secondary N) is 1. The van der Waals surface area contributed by atoms with Gasteiger partial charge in [0.25, 0.3) is 5.91 Å². The van der Waals surface area contributed by atoms with Gasteiger partial charge in [0, 0.05) is 5.69 Å². The Kier molecular flexibility index (Phi) is 6.39. The van der Waals surface area contributed by atoms with Crippen LogP contribution >= 0.6 is 0 Å². The Bertz CT molecular complexity index is 1090. The summed E-state index contributed by atoms with van der Waals surface area (Å²) in [4.78, 5) is 23.8. The van der Waals surface area contributed by atoms with Crippen LogP contribution in [-0.4, -0.2) is 37.3 Å². The first-order valence-electron chi connectivity index (χ1n) is 7.65. The van der Waals surface area contributed by atoms with Crippen molar-refractivity contribution >= 4 is 27.7 Å². The molecular formula is C16H9F6NO7S. The first kappa shape index (κ1) is 23.8. The smallest absolute Gasteiger partial charge is 0.478 e. The maximum Gasteiger partial charge on any atom is 0.573 e. The van der Waals surface area contributed by atoms with Crippen molar-refractivity contribution < 1.29 is 58.4 Å². The Hall–Kier alpha value is -3.49. The third-order valence-electron chi connectivity index (χ3n) is 3.31. The number of hydrogen-bond acceptors (Lipinski definition) is 6. The second-order valence-corrected chi connectivity index (χ2v) is 7.03. The van der Waals surface area contributed by atoms with E-state index < -0.39 is 56.5 Å². The highest BCUT2D eigenvalue weighted by Gasteiger charge is 2.49. The minimum absolute atomic E-state index is 0.218. The summed E-state index contributed by atoms with van der Waals surface area (Å²) in [6.45, 7) is 0. The van der Waals surface area contributed by atoms with Crippen molar-refractivity contribution in [3.63, 3.8) is 0 Å². The molecule has 2 aromatic rings. The Morgan fingerprint density at radius 3 is 2.00 bits per heavy atom. The van der Waals surface area contributed by atoms with E-state index in [9.17, 15) is 49.5 Å². The van der Waals surface area contributed by atoms with Crippen molar-refractivity contribution in [2.45, 2.75) is 11.9 Å². The SMILES string of the molecule is O=C(O)c1cccc(OS(=O)(=O)C(F)(F)F)c1C(=O)Nc1ccc(OC(F)(F)F)cc1. The Morgan fingerprint density at radius 2 is 1.52 bits per heavy atom. The van der Waals surface area contributed by atoms with E-state index in [-0.39, 0.29) is 5.69 Å². The van der Waals surface area contributed by atoms with Crippen LogP contribution in [0.3, 0.4) is 0 Å². The predicted molar refractivity (Wildman–Crippen MR) is 90.1 cm³/mol. The summed E-state index contributed by atoms with van der Waals surface area (Å²) in [5, 5.41) is 11.2. The van der Waals surface area contributed by atoms with Gasteiger partial charge in [-0.3, -0.25) is 4.79 Å². The van der Waals surface area contributed by atoms with Gasteiger partial charge in [-0.2, -0.15) is 21.6 Å². The molecule has 1 amide bonds. The van der Waals surface area contributed by atoms with Crippen LogP contribution in [0.1, 0.15) is 20.7 Å². The number of halogens is 6. The highest BCUT2D eigenvalue weighted by molar-refractivity contribution is 7.88. The van der Waals surface area contributed by atoms with Crippen LogP contribution < -0.4 is 14.2 Å². The zero-order chi connectivity index (χ0) is 23.6. The fourth-order valence-electron chi connectivity index (χ4n) is 2.11. The molecule has 15 heteroatoms. The molecule has 0 aliphatic carbocycles. The molecule has 168 valence electrons. The molecule has 2 rings (SSSR count). The number of carbonyl (C=O) groups excluding carboxylic acids is 1. The quantitative estimate of drug-likeness (QED) is 0.373. The zero-order valence-corrected chi connectivity index (χ0v) is 15.4. The second-order valence-electron chi connectivity index (χ2n) is 5.49. The van der Waals surface area contributed by atoms with Crippen LogP contribution in [0, 0.1) is 0 Å². The van der Waals surface area contributed by atoms with Crippen LogP contribution in [0.5, 0.6) is 11.5 Å². The van der Waals surface area contributed by atoms with Gasteiger partial charge in [-0.15, -0.1) is 13.2 Å². The van der Waals surface area contributed by atoms with E-state index in [2.05, 4.69) is 8.92 Å². The number of hydrogen-bond donors (Lipinski definition) is 2. The summed E-state index contributed by atoms with van der Waals surface area (Å²) in [7, 11) is -6.24. The van der Waals surface area contributed by atoms with Crippen LogP contribution in [0.25, 0.3) is 0 Å². The largest absolute Gasteiger partial charge is 0.573 e. The van der Waals surface area contributed by atoms with E-state index in [0.29, 0.717) is 6.07 Å². The molecule has 0 aromatic heterocycles. The van der Waals surface area contributed by atoms with Crippen molar-refractivity contribution in [1.29, 1.82) is 0 Å². The van der Waals surface area contributed by atoms with Crippen molar-refractivity contribution in [3.8, 4) is 11.5 Å². The second kappa shape index (κ2) is 8.33. The average molecular weight is 473 g/mol. The lowest BCUT2D eigenvalue weighted by atomic mass is 10.1. The maximum atomic E-state index is 12.6. The molecule has 0 unspecified atom stereocenters. The number of anilines is 1. The molecular weight excluding hydrogens is 464 g/mol. The molecule has 0 bridgehead atoms. The number of carbonyl (C=O) groups is 2. The normalized spacial score (nSPS) is 12.2. The first-order chi connectivity index (χ1) is 14.1. The fourth-order valence-corrected chi connectivity index (χ4v) is 2.58. The summed E-state index contributed by atoms with van der Waals surface area (Å²) in [6.07, 6.45) is -4.98. The lowest BCUT2D eigenvalue weighted by Gasteiger charge is -2.15. The van der Waals surface area contributed by atoms with Crippen LogP contribution in [0.15, 0.2) is 42.5 Å². The van der Waals surface area contributed by atoms with Gasteiger partial charge in [0.1, 0.15) is 5.75 Å². The number of benzene rings is 2. The summed E-state index contributed by atoms with van der Waals surface area (Å²) >= 11 is 0. The van der Waals surface area contributed by atoms with E-state index in [4.69, 9.17) is 0 Å². The number of carboxylic acid groups (broad SMARTS) is 1. The molecule has 0 aliphatic rings. The number of alkyl halides is 6. The monoisotopic (exact) mass is 473 g/mol. The molecule has 2 aromatic carbocycles. The molecule has 0 spiro atoms. The van der Waals surface area contributed by atoms with Gasteiger partial charge in [0.2, 0.25) is 0 Å². The molecule has 0 heterocycles. The third-order valence-corrected chi connectivity index (χ3v) is 4.28. The van der Waals surface area contributed by atoms with Gasteiger partial charge in [-0.05, 0) is 36.4 Å². The molecule has 0 radical (unpaired) electrons. The number of ether oxygens (including phenoxy) is 1. The van der Waals surface area contributed by atoms with E-state index in [0.717, 1.165) is 36.4 Å². The average Bonchev–Trinajstić information content (AvgIpc) is 2.60. The molecule has 0 atom stereocenters. The van der Waals surface area contributed by atoms with Crippen molar-refractivity contribution in [2.75, 3.05) is 5.32 Å². The summed E-state index contributed by atoms with van der Waals surface area (Å²) < 4.78 is 104. The molecule has 8 nitrogen and oxygen atoms in total. The van der Waals surface area contributed by atoms with E-state index >= 15 is 0 Å². The van der Waals surface area contributed by atoms with E-state index in [1.54, 1.807) is 0 Å². The molecule has 31 heavy (non-hydrogen) atoms. The summed E-state index contributed by atoms with van der Waals surface area (Å²) in [5.41, 5.74) is -8.05. The highest BCUT2D eigenvalue weighted by Crippen LogP contribution is 2.31. The Morgan fingerprint density at radius 1 is 0.935 bits per heavy atom. The number of aromatic carboxylic acids is 1. The van der Waals surface area contributed by atoms with Gasteiger partial charge >= 0.3 is 28.0 Å². The number of amides is 1. The minimum Gasteiger partial charge on any atom is -0.478 e.